The molecule has 1 aromatic carbocycles. The first-order valence-electron chi connectivity index (χ1n) is 5.21. The molecule has 0 unspecified atom stereocenters. The SMILES string of the molecule is COc1cc(C)cc(CNC(=O)[C@@H](C)N)c1. The highest BCUT2D eigenvalue weighted by Gasteiger charge is 2.06. The van der Waals surface area contributed by atoms with Gasteiger partial charge in [-0.05, 0) is 37.1 Å². The lowest BCUT2D eigenvalue weighted by Gasteiger charge is -2.09. The zero-order chi connectivity index (χ0) is 12.1. The van der Waals surface area contributed by atoms with Crippen LogP contribution in [0.25, 0.3) is 0 Å². The molecule has 1 rings (SSSR count). The Labute approximate surface area is 95.8 Å². The van der Waals surface area contributed by atoms with Crippen LogP contribution in [0.4, 0.5) is 0 Å². The zero-order valence-electron chi connectivity index (χ0n) is 9.91. The van der Waals surface area contributed by atoms with Crippen LogP contribution >= 0.6 is 0 Å². The number of rotatable bonds is 4. The first-order chi connectivity index (χ1) is 7.52. The van der Waals surface area contributed by atoms with E-state index in [1.54, 1.807) is 14.0 Å². The molecule has 3 N–H and O–H groups in total. The van der Waals surface area contributed by atoms with Crippen LogP contribution < -0.4 is 15.8 Å². The molecule has 0 bridgehead atoms. The van der Waals surface area contributed by atoms with Crippen molar-refractivity contribution in [3.8, 4) is 5.75 Å². The number of methoxy groups -OCH3 is 1. The first-order valence-corrected chi connectivity index (χ1v) is 5.21. The van der Waals surface area contributed by atoms with Crippen LogP contribution in [0.5, 0.6) is 5.75 Å². The minimum atomic E-state index is -0.480. The number of benzene rings is 1. The molecule has 0 fully saturated rings. The van der Waals surface area contributed by atoms with E-state index in [9.17, 15) is 4.79 Å². The van der Waals surface area contributed by atoms with Crippen molar-refractivity contribution in [2.45, 2.75) is 26.4 Å². The second kappa shape index (κ2) is 5.51. The first kappa shape index (κ1) is 12.5. The van der Waals surface area contributed by atoms with E-state index in [4.69, 9.17) is 10.5 Å². The highest BCUT2D eigenvalue weighted by atomic mass is 16.5. The third kappa shape index (κ3) is 3.55. The Hall–Kier alpha value is -1.55. The molecular formula is C12H18N2O2. The van der Waals surface area contributed by atoms with Gasteiger partial charge >= 0.3 is 0 Å². The fourth-order valence-corrected chi connectivity index (χ4v) is 1.39. The van der Waals surface area contributed by atoms with Gasteiger partial charge in [0.05, 0.1) is 13.2 Å². The predicted molar refractivity (Wildman–Crippen MR) is 63.2 cm³/mol. The van der Waals surface area contributed by atoms with Crippen molar-refractivity contribution >= 4 is 5.91 Å². The number of carbonyl (C=O) groups is 1. The number of aryl methyl sites for hydroxylation is 1. The number of nitrogens with one attached hydrogen (secondary N) is 1. The predicted octanol–water partition coefficient (Wildman–Crippen LogP) is 0.967. The lowest BCUT2D eigenvalue weighted by Crippen LogP contribution is -2.37. The molecule has 0 heterocycles. The second-order valence-corrected chi connectivity index (χ2v) is 3.86. The molecule has 1 amide bonds. The fourth-order valence-electron chi connectivity index (χ4n) is 1.39. The number of carbonyl (C=O) groups excluding carboxylic acids is 1. The normalized spacial score (nSPS) is 12.0. The highest BCUT2D eigenvalue weighted by Crippen LogP contribution is 2.16. The van der Waals surface area contributed by atoms with Crippen molar-refractivity contribution in [1.82, 2.24) is 5.32 Å². The van der Waals surface area contributed by atoms with Crippen molar-refractivity contribution < 1.29 is 9.53 Å². The largest absolute Gasteiger partial charge is 0.497 e. The topological polar surface area (TPSA) is 64.3 Å². The van der Waals surface area contributed by atoms with E-state index in [-0.39, 0.29) is 5.91 Å². The van der Waals surface area contributed by atoms with Crippen molar-refractivity contribution in [3.63, 3.8) is 0 Å². The Balaban J connectivity index is 2.67. The molecule has 1 atom stereocenters. The molecule has 0 aliphatic carbocycles. The molecule has 0 saturated carbocycles. The molecule has 0 aromatic heterocycles. The molecule has 4 heteroatoms. The fraction of sp³-hybridized carbons (Fsp3) is 0.417. The average Bonchev–Trinajstić information content (AvgIpc) is 2.24. The van der Waals surface area contributed by atoms with Crippen molar-refractivity contribution in [2.24, 2.45) is 5.73 Å². The smallest absolute Gasteiger partial charge is 0.236 e. The third-order valence-electron chi connectivity index (χ3n) is 2.23. The molecule has 88 valence electrons. The maximum absolute atomic E-state index is 11.3. The summed E-state index contributed by atoms with van der Waals surface area (Å²) in [6, 6.07) is 5.36. The van der Waals surface area contributed by atoms with Gasteiger partial charge in [0, 0.05) is 6.54 Å². The van der Waals surface area contributed by atoms with Crippen LogP contribution in [0.2, 0.25) is 0 Å². The van der Waals surface area contributed by atoms with Gasteiger partial charge in [0.25, 0.3) is 0 Å². The van der Waals surface area contributed by atoms with E-state index < -0.39 is 6.04 Å². The monoisotopic (exact) mass is 222 g/mol. The van der Waals surface area contributed by atoms with Gasteiger partial charge in [-0.15, -0.1) is 0 Å². The molecule has 0 saturated heterocycles. The highest BCUT2D eigenvalue weighted by molar-refractivity contribution is 5.80. The molecular weight excluding hydrogens is 204 g/mol. The number of nitrogens with two attached hydrogens (primary N) is 1. The Morgan fingerprint density at radius 1 is 1.50 bits per heavy atom. The van der Waals surface area contributed by atoms with Gasteiger partial charge in [-0.25, -0.2) is 0 Å². The lowest BCUT2D eigenvalue weighted by molar-refractivity contribution is -0.122. The molecule has 1 aromatic rings. The van der Waals surface area contributed by atoms with Crippen LogP contribution in [-0.4, -0.2) is 19.1 Å². The van der Waals surface area contributed by atoms with Gasteiger partial charge in [0.2, 0.25) is 5.91 Å². The summed E-state index contributed by atoms with van der Waals surface area (Å²) in [5.74, 6) is 0.644. The van der Waals surface area contributed by atoms with Crippen LogP contribution in [0.15, 0.2) is 18.2 Å². The van der Waals surface area contributed by atoms with E-state index in [0.717, 1.165) is 16.9 Å². The molecule has 0 aliphatic rings. The Morgan fingerprint density at radius 3 is 2.75 bits per heavy atom. The van der Waals surface area contributed by atoms with E-state index >= 15 is 0 Å². The number of hydrogen-bond donors (Lipinski definition) is 2. The standard InChI is InChI=1S/C12H18N2O2/c1-8-4-10(6-11(5-8)16-3)7-14-12(15)9(2)13/h4-6,9H,7,13H2,1-3H3,(H,14,15)/t9-/m1/s1. The van der Waals surface area contributed by atoms with E-state index in [1.165, 1.54) is 0 Å². The lowest BCUT2D eigenvalue weighted by atomic mass is 10.1. The summed E-state index contributed by atoms with van der Waals surface area (Å²) in [5, 5.41) is 2.76. The van der Waals surface area contributed by atoms with E-state index in [1.807, 2.05) is 25.1 Å². The number of hydrogen-bond acceptors (Lipinski definition) is 3. The summed E-state index contributed by atoms with van der Waals surface area (Å²) in [4.78, 5) is 11.3. The summed E-state index contributed by atoms with van der Waals surface area (Å²) in [7, 11) is 1.62. The van der Waals surface area contributed by atoms with E-state index in [2.05, 4.69) is 5.32 Å². The van der Waals surface area contributed by atoms with Crippen LogP contribution in [0.3, 0.4) is 0 Å². The molecule has 0 aliphatic heterocycles. The van der Waals surface area contributed by atoms with Gasteiger partial charge < -0.3 is 15.8 Å². The van der Waals surface area contributed by atoms with Crippen molar-refractivity contribution in [2.75, 3.05) is 7.11 Å². The van der Waals surface area contributed by atoms with Crippen molar-refractivity contribution in [3.05, 3.63) is 29.3 Å². The maximum atomic E-state index is 11.3. The summed E-state index contributed by atoms with van der Waals surface area (Å²) in [6.07, 6.45) is 0. The van der Waals surface area contributed by atoms with Crippen molar-refractivity contribution in [1.29, 1.82) is 0 Å². The maximum Gasteiger partial charge on any atom is 0.236 e. The Morgan fingerprint density at radius 2 is 2.19 bits per heavy atom. The summed E-state index contributed by atoms with van der Waals surface area (Å²) >= 11 is 0. The van der Waals surface area contributed by atoms with Gasteiger partial charge in [-0.3, -0.25) is 4.79 Å². The second-order valence-electron chi connectivity index (χ2n) is 3.86. The Kier molecular flexibility index (Phi) is 4.31. The quantitative estimate of drug-likeness (QED) is 0.797. The minimum absolute atomic E-state index is 0.152. The van der Waals surface area contributed by atoms with Crippen LogP contribution in [0.1, 0.15) is 18.1 Å². The molecule has 16 heavy (non-hydrogen) atoms. The number of ether oxygens (including phenoxy) is 1. The van der Waals surface area contributed by atoms with E-state index in [0.29, 0.717) is 6.54 Å². The third-order valence-corrected chi connectivity index (χ3v) is 2.23. The van der Waals surface area contributed by atoms with Gasteiger partial charge in [0.15, 0.2) is 0 Å². The van der Waals surface area contributed by atoms with Crippen LogP contribution in [0, 0.1) is 6.92 Å². The average molecular weight is 222 g/mol. The minimum Gasteiger partial charge on any atom is -0.497 e. The molecule has 0 spiro atoms. The summed E-state index contributed by atoms with van der Waals surface area (Å²) in [6.45, 7) is 4.12. The zero-order valence-corrected chi connectivity index (χ0v) is 9.91. The number of amides is 1. The van der Waals surface area contributed by atoms with Gasteiger partial charge in [0.1, 0.15) is 5.75 Å². The van der Waals surface area contributed by atoms with Gasteiger partial charge in [-0.2, -0.15) is 0 Å². The molecule has 0 radical (unpaired) electrons. The Bertz CT molecular complexity index is 375. The summed E-state index contributed by atoms with van der Waals surface area (Å²) in [5.41, 5.74) is 7.56. The van der Waals surface area contributed by atoms with Crippen LogP contribution in [-0.2, 0) is 11.3 Å². The van der Waals surface area contributed by atoms with Gasteiger partial charge in [-0.1, -0.05) is 6.07 Å². The molecule has 4 nitrogen and oxygen atoms in total. The summed E-state index contributed by atoms with van der Waals surface area (Å²) < 4.78 is 5.15.